The van der Waals surface area contributed by atoms with Crippen molar-refractivity contribution in [2.24, 2.45) is 0 Å². The van der Waals surface area contributed by atoms with Gasteiger partial charge in [-0.15, -0.1) is 0 Å². The number of thioether (sulfide) groups is 1. The van der Waals surface area contributed by atoms with Crippen LogP contribution in [0.5, 0.6) is 0 Å². The zero-order valence-corrected chi connectivity index (χ0v) is 15.3. The van der Waals surface area contributed by atoms with Gasteiger partial charge in [0.2, 0.25) is 5.12 Å². The molecule has 126 valence electrons. The van der Waals surface area contributed by atoms with Crippen LogP contribution < -0.4 is 0 Å². The van der Waals surface area contributed by atoms with E-state index in [-0.39, 0.29) is 5.12 Å². The number of rotatable bonds is 9. The molecular weight excluding hydrogens is 312 g/mol. The number of carbonyl (C=O) groups excluding carboxylic acids is 1. The molecule has 0 heterocycles. The fourth-order valence-corrected chi connectivity index (χ4v) is 3.30. The molecule has 0 aliphatic rings. The first kappa shape index (κ1) is 18.5. The molecule has 0 fully saturated rings. The van der Waals surface area contributed by atoms with Crippen LogP contribution in [0.1, 0.15) is 45.4 Å². The second-order valence-corrected chi connectivity index (χ2v) is 7.09. The Hall–Kier alpha value is -1.80. The van der Waals surface area contributed by atoms with Crippen LogP contribution in [0.4, 0.5) is 0 Å². The predicted octanol–water partition coefficient (Wildman–Crippen LogP) is 6.89. The van der Waals surface area contributed by atoms with E-state index in [2.05, 4.69) is 37.8 Å². The molecule has 2 aromatic carbocycles. The Bertz CT molecular complexity index is 643. The number of hydrogen-bond acceptors (Lipinski definition) is 2. The maximum Gasteiger partial charge on any atom is 0.219 e. The van der Waals surface area contributed by atoms with Crippen LogP contribution in [0.3, 0.4) is 0 Å². The van der Waals surface area contributed by atoms with Crippen LogP contribution in [0.25, 0.3) is 11.1 Å². The summed E-state index contributed by atoms with van der Waals surface area (Å²) in [5.41, 5.74) is 3.10. The number of hydrogen-bond donors (Lipinski definition) is 0. The molecule has 0 bridgehead atoms. The number of unbranched alkanes of at least 4 members (excludes halogenated alkanes) is 4. The van der Waals surface area contributed by atoms with Crippen molar-refractivity contribution in [1.29, 1.82) is 0 Å². The van der Waals surface area contributed by atoms with Crippen molar-refractivity contribution < 1.29 is 4.79 Å². The summed E-state index contributed by atoms with van der Waals surface area (Å²) in [6.07, 6.45) is 6.86. The van der Waals surface area contributed by atoms with Crippen molar-refractivity contribution in [3.63, 3.8) is 0 Å². The van der Waals surface area contributed by atoms with Crippen LogP contribution in [-0.4, -0.2) is 5.12 Å². The predicted molar refractivity (Wildman–Crippen MR) is 105 cm³/mol. The van der Waals surface area contributed by atoms with Gasteiger partial charge in [0.25, 0.3) is 0 Å². The third-order valence-electron chi connectivity index (χ3n) is 4.04. The minimum absolute atomic E-state index is 0.0953. The highest BCUT2D eigenvalue weighted by atomic mass is 32.2. The van der Waals surface area contributed by atoms with E-state index >= 15 is 0 Å². The highest BCUT2D eigenvalue weighted by Gasteiger charge is 2.09. The first-order valence-electron chi connectivity index (χ1n) is 8.76. The van der Waals surface area contributed by atoms with E-state index in [4.69, 9.17) is 0 Å². The fraction of sp³-hybridized carbons (Fsp3) is 0.318. The van der Waals surface area contributed by atoms with Crippen LogP contribution in [-0.2, 0) is 4.79 Å². The molecule has 2 rings (SSSR count). The first-order chi connectivity index (χ1) is 11.7. The van der Waals surface area contributed by atoms with Gasteiger partial charge in [0.1, 0.15) is 0 Å². The smallest absolute Gasteiger partial charge is 0.219 e. The standard InChI is InChI=1S/C22H26OS/c1-3-4-5-6-8-11-18(2)22(23)24-21-16-14-20(15-17-21)19-12-9-7-10-13-19/h7,9-10,12-17H,2-6,8,11H2,1H3. The van der Waals surface area contributed by atoms with Crippen LogP contribution >= 0.6 is 11.8 Å². The highest BCUT2D eigenvalue weighted by Crippen LogP contribution is 2.27. The fourth-order valence-electron chi connectivity index (χ4n) is 2.57. The van der Waals surface area contributed by atoms with E-state index in [9.17, 15) is 4.79 Å². The quantitative estimate of drug-likeness (QED) is 0.281. The molecule has 1 nitrogen and oxygen atoms in total. The van der Waals surface area contributed by atoms with Gasteiger partial charge in [0.05, 0.1) is 0 Å². The van der Waals surface area contributed by atoms with E-state index in [1.807, 2.05) is 30.3 Å². The molecular formula is C22H26OS. The zero-order valence-electron chi connectivity index (χ0n) is 14.5. The van der Waals surface area contributed by atoms with Gasteiger partial charge in [0.15, 0.2) is 0 Å². The summed E-state index contributed by atoms with van der Waals surface area (Å²) >= 11 is 1.29. The minimum Gasteiger partial charge on any atom is -0.282 e. The topological polar surface area (TPSA) is 17.1 Å². The normalized spacial score (nSPS) is 10.5. The SMILES string of the molecule is C=C(CCCCCCC)C(=O)Sc1ccc(-c2ccccc2)cc1. The lowest BCUT2D eigenvalue weighted by Gasteiger charge is -2.06. The second kappa shape index (κ2) is 10.1. The van der Waals surface area contributed by atoms with Crippen molar-refractivity contribution in [1.82, 2.24) is 0 Å². The monoisotopic (exact) mass is 338 g/mol. The Morgan fingerprint density at radius 2 is 1.50 bits per heavy atom. The molecule has 0 saturated heterocycles. The minimum atomic E-state index is 0.0953. The molecule has 24 heavy (non-hydrogen) atoms. The summed E-state index contributed by atoms with van der Waals surface area (Å²) in [7, 11) is 0. The molecule has 0 aliphatic heterocycles. The van der Waals surface area contributed by atoms with Crippen LogP contribution in [0, 0.1) is 0 Å². The van der Waals surface area contributed by atoms with Crippen molar-refractivity contribution in [3.05, 3.63) is 66.7 Å². The number of benzene rings is 2. The maximum atomic E-state index is 12.3. The molecule has 0 radical (unpaired) electrons. The Morgan fingerprint density at radius 1 is 0.875 bits per heavy atom. The lowest BCUT2D eigenvalue weighted by Crippen LogP contribution is -1.96. The van der Waals surface area contributed by atoms with Crippen molar-refractivity contribution >= 4 is 16.9 Å². The van der Waals surface area contributed by atoms with Gasteiger partial charge in [-0.25, -0.2) is 0 Å². The maximum absolute atomic E-state index is 12.3. The van der Waals surface area contributed by atoms with E-state index < -0.39 is 0 Å². The highest BCUT2D eigenvalue weighted by molar-refractivity contribution is 8.14. The molecule has 0 amide bonds. The molecule has 2 heteroatoms. The summed E-state index contributed by atoms with van der Waals surface area (Å²) in [4.78, 5) is 13.2. The number of carbonyl (C=O) groups is 1. The molecule has 0 saturated carbocycles. The molecule has 2 aromatic rings. The second-order valence-electron chi connectivity index (χ2n) is 6.05. The largest absolute Gasteiger partial charge is 0.282 e. The van der Waals surface area contributed by atoms with Gasteiger partial charge in [-0.2, -0.15) is 0 Å². The third kappa shape index (κ3) is 6.01. The lowest BCUT2D eigenvalue weighted by molar-refractivity contribution is -0.108. The summed E-state index contributed by atoms with van der Waals surface area (Å²) in [5, 5.41) is 0.0953. The Kier molecular flexibility index (Phi) is 7.84. The van der Waals surface area contributed by atoms with Crippen molar-refractivity contribution in [2.45, 2.75) is 50.3 Å². The zero-order chi connectivity index (χ0) is 17.2. The van der Waals surface area contributed by atoms with Gasteiger partial charge in [-0.3, -0.25) is 4.79 Å². The Morgan fingerprint density at radius 3 is 2.17 bits per heavy atom. The Balaban J connectivity index is 1.82. The first-order valence-corrected chi connectivity index (χ1v) is 9.58. The summed E-state index contributed by atoms with van der Waals surface area (Å²) in [6.45, 7) is 6.17. The van der Waals surface area contributed by atoms with Gasteiger partial charge in [-0.05, 0) is 53.4 Å². The molecule has 0 aliphatic carbocycles. The average Bonchev–Trinajstić information content (AvgIpc) is 2.62. The van der Waals surface area contributed by atoms with E-state index in [1.165, 1.54) is 48.6 Å². The molecule has 0 N–H and O–H groups in total. The average molecular weight is 339 g/mol. The van der Waals surface area contributed by atoms with Crippen molar-refractivity contribution in [2.75, 3.05) is 0 Å². The van der Waals surface area contributed by atoms with Gasteiger partial charge in [-0.1, -0.05) is 81.7 Å². The van der Waals surface area contributed by atoms with Crippen LogP contribution in [0.2, 0.25) is 0 Å². The molecule has 0 unspecified atom stereocenters. The third-order valence-corrected chi connectivity index (χ3v) is 5.02. The van der Waals surface area contributed by atoms with Crippen LogP contribution in [0.15, 0.2) is 71.6 Å². The summed E-state index contributed by atoms with van der Waals surface area (Å²) < 4.78 is 0. The van der Waals surface area contributed by atoms with E-state index in [0.29, 0.717) is 0 Å². The molecule has 0 atom stereocenters. The Labute approximate surface area is 150 Å². The van der Waals surface area contributed by atoms with Gasteiger partial charge < -0.3 is 0 Å². The van der Waals surface area contributed by atoms with Crippen molar-refractivity contribution in [3.8, 4) is 11.1 Å². The molecule has 0 aromatic heterocycles. The lowest BCUT2D eigenvalue weighted by atomic mass is 10.1. The van der Waals surface area contributed by atoms with E-state index in [1.54, 1.807) is 0 Å². The molecule has 0 spiro atoms. The summed E-state index contributed by atoms with van der Waals surface area (Å²) in [5.74, 6) is 0. The van der Waals surface area contributed by atoms with Gasteiger partial charge >= 0.3 is 0 Å². The summed E-state index contributed by atoms with van der Waals surface area (Å²) in [6, 6.07) is 18.4. The van der Waals surface area contributed by atoms with Gasteiger partial charge in [0, 0.05) is 4.90 Å². The van der Waals surface area contributed by atoms with E-state index in [0.717, 1.165) is 23.3 Å².